The van der Waals surface area contributed by atoms with E-state index >= 15 is 0 Å². The molecule has 1 amide bonds. The highest BCUT2D eigenvalue weighted by molar-refractivity contribution is 5.92. The number of imidazole rings is 1. The summed E-state index contributed by atoms with van der Waals surface area (Å²) in [6.07, 6.45) is 0. The molecule has 0 radical (unpaired) electrons. The number of benzene rings is 2. The number of rotatable bonds is 3. The van der Waals surface area contributed by atoms with Gasteiger partial charge < -0.3 is 15.0 Å². The van der Waals surface area contributed by atoms with Crippen LogP contribution in [-0.4, -0.2) is 23.0 Å². The lowest BCUT2D eigenvalue weighted by Gasteiger charge is -2.00. The number of hydrogen-bond acceptors (Lipinski definition) is 3. The van der Waals surface area contributed by atoms with Crippen molar-refractivity contribution >= 4 is 22.6 Å². The molecule has 0 saturated carbocycles. The summed E-state index contributed by atoms with van der Waals surface area (Å²) in [7, 11) is 1.64. The van der Waals surface area contributed by atoms with Crippen molar-refractivity contribution in [2.75, 3.05) is 12.4 Å². The average Bonchev–Trinajstić information content (AvgIpc) is 2.90. The summed E-state index contributed by atoms with van der Waals surface area (Å²) in [6.45, 7) is 1.49. The van der Waals surface area contributed by atoms with Crippen LogP contribution in [0.5, 0.6) is 5.75 Å². The molecule has 21 heavy (non-hydrogen) atoms. The van der Waals surface area contributed by atoms with Crippen LogP contribution in [-0.2, 0) is 4.79 Å². The second-order valence-corrected chi connectivity index (χ2v) is 4.73. The molecule has 0 saturated heterocycles. The summed E-state index contributed by atoms with van der Waals surface area (Å²) < 4.78 is 5.15. The Kier molecular flexibility index (Phi) is 3.31. The van der Waals surface area contributed by atoms with Crippen LogP contribution in [0, 0.1) is 0 Å². The fourth-order valence-electron chi connectivity index (χ4n) is 2.18. The Bertz CT molecular complexity index is 791. The van der Waals surface area contributed by atoms with Gasteiger partial charge in [-0.15, -0.1) is 0 Å². The number of carbonyl (C=O) groups is 1. The van der Waals surface area contributed by atoms with Crippen LogP contribution in [0.1, 0.15) is 6.92 Å². The molecular weight excluding hydrogens is 266 g/mol. The molecule has 2 aromatic carbocycles. The van der Waals surface area contributed by atoms with Crippen molar-refractivity contribution < 1.29 is 9.53 Å². The van der Waals surface area contributed by atoms with Gasteiger partial charge >= 0.3 is 0 Å². The standard InChI is InChI=1S/C16H15N3O2/c1-10(20)17-12-5-8-14-15(9-12)19-16(18-14)11-3-6-13(21-2)7-4-11/h3-9H,1-2H3,(H,17,20)(H,18,19). The summed E-state index contributed by atoms with van der Waals surface area (Å²) in [5, 5.41) is 2.76. The molecule has 0 aliphatic carbocycles. The fourth-order valence-corrected chi connectivity index (χ4v) is 2.18. The number of carbonyl (C=O) groups excluding carboxylic acids is 1. The van der Waals surface area contributed by atoms with Crippen LogP contribution in [0.25, 0.3) is 22.4 Å². The number of nitrogens with zero attached hydrogens (tertiary/aromatic N) is 1. The van der Waals surface area contributed by atoms with E-state index in [0.29, 0.717) is 0 Å². The van der Waals surface area contributed by atoms with Gasteiger partial charge in [-0.25, -0.2) is 4.98 Å². The zero-order valence-corrected chi connectivity index (χ0v) is 11.8. The van der Waals surface area contributed by atoms with Gasteiger partial charge in [-0.2, -0.15) is 0 Å². The maximum absolute atomic E-state index is 11.1. The summed E-state index contributed by atoms with van der Waals surface area (Å²) in [5.74, 6) is 1.50. The van der Waals surface area contributed by atoms with E-state index in [0.717, 1.165) is 33.9 Å². The molecular formula is C16H15N3O2. The summed E-state index contributed by atoms with van der Waals surface area (Å²) in [5.41, 5.74) is 3.47. The third kappa shape index (κ3) is 2.72. The van der Waals surface area contributed by atoms with E-state index in [9.17, 15) is 4.79 Å². The molecule has 3 aromatic rings. The molecule has 0 aliphatic heterocycles. The minimum atomic E-state index is -0.0933. The lowest BCUT2D eigenvalue weighted by Crippen LogP contribution is -2.05. The molecule has 5 nitrogen and oxygen atoms in total. The number of ether oxygens (including phenoxy) is 1. The SMILES string of the molecule is COc1ccc(-c2nc3ccc(NC(C)=O)cc3[nH]2)cc1. The first-order valence-electron chi connectivity index (χ1n) is 6.57. The van der Waals surface area contributed by atoms with Gasteiger partial charge in [0.1, 0.15) is 11.6 Å². The highest BCUT2D eigenvalue weighted by atomic mass is 16.5. The second-order valence-electron chi connectivity index (χ2n) is 4.73. The summed E-state index contributed by atoms with van der Waals surface area (Å²) in [6, 6.07) is 13.3. The topological polar surface area (TPSA) is 67.0 Å². The quantitative estimate of drug-likeness (QED) is 0.774. The number of amides is 1. The Balaban J connectivity index is 1.97. The molecule has 0 atom stereocenters. The van der Waals surface area contributed by atoms with Crippen molar-refractivity contribution in [1.29, 1.82) is 0 Å². The molecule has 3 rings (SSSR count). The van der Waals surface area contributed by atoms with E-state index in [4.69, 9.17) is 4.74 Å². The number of methoxy groups -OCH3 is 1. The maximum atomic E-state index is 11.1. The Hall–Kier alpha value is -2.82. The van der Waals surface area contributed by atoms with Crippen LogP contribution in [0.2, 0.25) is 0 Å². The number of H-pyrrole nitrogens is 1. The van der Waals surface area contributed by atoms with Crippen molar-refractivity contribution in [2.45, 2.75) is 6.92 Å². The Morgan fingerprint density at radius 3 is 2.62 bits per heavy atom. The minimum absolute atomic E-state index is 0.0933. The van der Waals surface area contributed by atoms with Crippen LogP contribution >= 0.6 is 0 Å². The minimum Gasteiger partial charge on any atom is -0.497 e. The number of nitrogens with one attached hydrogen (secondary N) is 2. The van der Waals surface area contributed by atoms with Crippen molar-refractivity contribution in [3.8, 4) is 17.1 Å². The van der Waals surface area contributed by atoms with Crippen LogP contribution in [0.4, 0.5) is 5.69 Å². The number of hydrogen-bond donors (Lipinski definition) is 2. The van der Waals surface area contributed by atoms with Crippen LogP contribution in [0.15, 0.2) is 42.5 Å². The first-order chi connectivity index (χ1) is 10.2. The molecule has 0 bridgehead atoms. The predicted octanol–water partition coefficient (Wildman–Crippen LogP) is 3.20. The highest BCUT2D eigenvalue weighted by Crippen LogP contribution is 2.24. The van der Waals surface area contributed by atoms with Gasteiger partial charge in [0, 0.05) is 18.2 Å². The lowest BCUT2D eigenvalue weighted by atomic mass is 10.2. The number of aromatic amines is 1. The van der Waals surface area contributed by atoms with E-state index in [-0.39, 0.29) is 5.91 Å². The lowest BCUT2D eigenvalue weighted by molar-refractivity contribution is -0.114. The van der Waals surface area contributed by atoms with E-state index in [1.807, 2.05) is 42.5 Å². The Morgan fingerprint density at radius 2 is 1.95 bits per heavy atom. The molecule has 0 fully saturated rings. The normalized spacial score (nSPS) is 10.6. The van der Waals surface area contributed by atoms with Crippen LogP contribution < -0.4 is 10.1 Å². The number of aromatic nitrogens is 2. The zero-order chi connectivity index (χ0) is 14.8. The predicted molar refractivity (Wildman–Crippen MR) is 82.4 cm³/mol. The third-order valence-corrected chi connectivity index (χ3v) is 3.17. The second kappa shape index (κ2) is 5.28. The molecule has 0 aliphatic rings. The summed E-state index contributed by atoms with van der Waals surface area (Å²) in [4.78, 5) is 18.9. The van der Waals surface area contributed by atoms with Crippen molar-refractivity contribution in [3.63, 3.8) is 0 Å². The first-order valence-corrected chi connectivity index (χ1v) is 6.57. The van der Waals surface area contributed by atoms with Gasteiger partial charge in [-0.05, 0) is 42.5 Å². The third-order valence-electron chi connectivity index (χ3n) is 3.17. The Morgan fingerprint density at radius 1 is 1.19 bits per heavy atom. The van der Waals surface area contributed by atoms with E-state index in [1.165, 1.54) is 6.92 Å². The van der Waals surface area contributed by atoms with Crippen molar-refractivity contribution in [3.05, 3.63) is 42.5 Å². The number of fused-ring (bicyclic) bond motifs is 1. The fraction of sp³-hybridized carbons (Fsp3) is 0.125. The average molecular weight is 281 g/mol. The number of anilines is 1. The molecule has 1 aromatic heterocycles. The smallest absolute Gasteiger partial charge is 0.221 e. The monoisotopic (exact) mass is 281 g/mol. The Labute approximate surface area is 122 Å². The molecule has 0 spiro atoms. The first kappa shape index (κ1) is 13.2. The van der Waals surface area contributed by atoms with Gasteiger partial charge in [0.15, 0.2) is 0 Å². The maximum Gasteiger partial charge on any atom is 0.221 e. The molecule has 106 valence electrons. The van der Waals surface area contributed by atoms with Crippen molar-refractivity contribution in [1.82, 2.24) is 9.97 Å². The van der Waals surface area contributed by atoms with Gasteiger partial charge in [0.05, 0.1) is 18.1 Å². The van der Waals surface area contributed by atoms with E-state index in [2.05, 4.69) is 15.3 Å². The molecule has 1 heterocycles. The largest absolute Gasteiger partial charge is 0.497 e. The van der Waals surface area contributed by atoms with Crippen LogP contribution in [0.3, 0.4) is 0 Å². The van der Waals surface area contributed by atoms with Gasteiger partial charge in [-0.3, -0.25) is 4.79 Å². The zero-order valence-electron chi connectivity index (χ0n) is 11.8. The van der Waals surface area contributed by atoms with E-state index in [1.54, 1.807) is 7.11 Å². The summed E-state index contributed by atoms with van der Waals surface area (Å²) >= 11 is 0. The highest BCUT2D eigenvalue weighted by Gasteiger charge is 2.06. The van der Waals surface area contributed by atoms with Gasteiger partial charge in [-0.1, -0.05) is 0 Å². The van der Waals surface area contributed by atoms with Crippen molar-refractivity contribution in [2.24, 2.45) is 0 Å². The molecule has 5 heteroatoms. The van der Waals surface area contributed by atoms with Gasteiger partial charge in [0.2, 0.25) is 5.91 Å². The molecule has 0 unspecified atom stereocenters. The van der Waals surface area contributed by atoms with E-state index < -0.39 is 0 Å². The van der Waals surface area contributed by atoms with Gasteiger partial charge in [0.25, 0.3) is 0 Å². The molecule has 2 N–H and O–H groups in total.